The Morgan fingerprint density at radius 2 is 0.763 bits per heavy atom. The predicted octanol–water partition coefficient (Wildman–Crippen LogP) is 10.7. The molecule has 0 aliphatic rings. The van der Waals surface area contributed by atoms with E-state index in [0.717, 1.165) is 54.9 Å². The van der Waals surface area contributed by atoms with Gasteiger partial charge in [-0.2, -0.15) is 0 Å². The largest absolute Gasteiger partial charge is 0.0629 e. The molecule has 0 bridgehead atoms. The summed E-state index contributed by atoms with van der Waals surface area (Å²) < 4.78 is 41.8. The lowest BCUT2D eigenvalue weighted by Gasteiger charge is -2.19. The van der Waals surface area contributed by atoms with E-state index < -0.39 is 6.04 Å². The summed E-state index contributed by atoms with van der Waals surface area (Å²) in [6.07, 6.45) is 0. The van der Waals surface area contributed by atoms with E-state index in [1.165, 1.54) is 0 Å². The van der Waals surface area contributed by atoms with E-state index in [2.05, 4.69) is 66.7 Å². The van der Waals surface area contributed by atoms with Crippen LogP contribution in [0.1, 0.15) is 6.85 Å². The highest BCUT2D eigenvalue weighted by atomic mass is 14.2. The third kappa shape index (κ3) is 3.88. The zero-order valence-electron chi connectivity index (χ0n) is 25.6. The summed E-state index contributed by atoms with van der Waals surface area (Å²) in [6.45, 7) is 0. The van der Waals surface area contributed by atoms with E-state index in [0.29, 0.717) is 5.56 Å². The van der Waals surface area contributed by atoms with E-state index in [1.807, 2.05) is 60.7 Å². The van der Waals surface area contributed by atoms with E-state index in [4.69, 9.17) is 6.85 Å². The lowest BCUT2D eigenvalue weighted by Crippen LogP contribution is -1.92. The van der Waals surface area contributed by atoms with Crippen molar-refractivity contribution in [3.8, 4) is 44.5 Å². The lowest BCUT2D eigenvalue weighted by molar-refractivity contribution is 1.61. The maximum Gasteiger partial charge on any atom is 0.0629 e. The predicted molar refractivity (Wildman–Crippen MR) is 163 cm³/mol. The molecule has 0 spiro atoms. The Morgan fingerprint density at radius 3 is 1.42 bits per heavy atom. The number of hydrogen-bond acceptors (Lipinski definition) is 0. The first kappa shape index (κ1) is 17.5. The zero-order chi connectivity index (χ0) is 29.7. The summed E-state index contributed by atoms with van der Waals surface area (Å²) in [5.74, 6) is 0. The molecule has 0 nitrogen and oxygen atoms in total. The van der Waals surface area contributed by atoms with Crippen LogP contribution in [-0.4, -0.2) is 0 Å². The second-order valence-electron chi connectivity index (χ2n) is 9.37. The molecule has 0 aliphatic heterocycles. The summed E-state index contributed by atoms with van der Waals surface area (Å²) >= 11 is 0. The Hall–Kier alpha value is -4.94. The Kier molecular flexibility index (Phi) is 4.38. The van der Waals surface area contributed by atoms with Crippen LogP contribution in [0.25, 0.3) is 66.1 Å². The van der Waals surface area contributed by atoms with Gasteiger partial charge in [0.15, 0.2) is 0 Å². The minimum Gasteiger partial charge on any atom is -0.0622 e. The second kappa shape index (κ2) is 9.50. The van der Waals surface area contributed by atoms with Gasteiger partial charge < -0.3 is 0 Å². The van der Waals surface area contributed by atoms with Crippen molar-refractivity contribution < 1.29 is 6.85 Å². The molecule has 0 atom stereocenters. The Labute approximate surface area is 230 Å². The summed E-state index contributed by atoms with van der Waals surface area (Å²) in [5.41, 5.74) is 7.36. The molecule has 0 aromatic heterocycles. The van der Waals surface area contributed by atoms with Gasteiger partial charge in [0, 0.05) is 0 Å². The normalized spacial score (nSPS) is 13.0. The van der Waals surface area contributed by atoms with Crippen molar-refractivity contribution in [3.63, 3.8) is 0 Å². The summed E-state index contributed by atoms with van der Waals surface area (Å²) in [4.78, 5) is 0. The highest BCUT2D eigenvalue weighted by Crippen LogP contribution is 2.44. The van der Waals surface area contributed by atoms with E-state index in [1.54, 1.807) is 0 Å². The number of hydrogen-bond donors (Lipinski definition) is 0. The van der Waals surface area contributed by atoms with Crippen molar-refractivity contribution in [2.75, 3.05) is 0 Å². The quantitative estimate of drug-likeness (QED) is 0.217. The Bertz CT molecular complexity index is 2120. The molecule has 178 valence electrons. The fourth-order valence-electron chi connectivity index (χ4n) is 5.42. The molecule has 0 radical (unpaired) electrons. The molecular formula is C38H26. The van der Waals surface area contributed by atoms with Crippen LogP contribution in [-0.2, 0) is 0 Å². The molecule has 38 heavy (non-hydrogen) atoms. The van der Waals surface area contributed by atoms with E-state index >= 15 is 0 Å². The van der Waals surface area contributed by atoms with Gasteiger partial charge in [0.1, 0.15) is 0 Å². The van der Waals surface area contributed by atoms with Gasteiger partial charge in [0.2, 0.25) is 0 Å². The minimum atomic E-state index is -0.392. The van der Waals surface area contributed by atoms with Crippen molar-refractivity contribution >= 4 is 21.5 Å². The molecule has 0 saturated heterocycles. The molecule has 0 amide bonds. The highest BCUT2D eigenvalue weighted by Gasteiger charge is 2.17. The molecule has 7 rings (SSSR count). The molecule has 0 aliphatic carbocycles. The van der Waals surface area contributed by atoms with Crippen molar-refractivity contribution in [2.45, 2.75) is 0 Å². The summed E-state index contributed by atoms with van der Waals surface area (Å²) in [5, 5.41) is 4.19. The molecule has 0 heterocycles. The van der Waals surface area contributed by atoms with Gasteiger partial charge in [0.05, 0.1) is 6.85 Å². The Morgan fingerprint density at radius 1 is 0.316 bits per heavy atom. The standard InChI is InChI=1S/C38H26/c1-4-12-27(13-5-1)29-20-22-31(23-21-29)37-33-18-10-11-19-34(33)38(30-16-8-3-9-17-30)36-26-32(24-25-35(36)37)28-14-6-2-7-15-28/h1-26H/i2D,6D,7D,14D,15D. The Balaban J connectivity index is 1.56. The van der Waals surface area contributed by atoms with Gasteiger partial charge in [0.25, 0.3) is 0 Å². The topological polar surface area (TPSA) is 0 Å². The van der Waals surface area contributed by atoms with Crippen LogP contribution in [0.5, 0.6) is 0 Å². The van der Waals surface area contributed by atoms with Gasteiger partial charge >= 0.3 is 0 Å². The molecular weight excluding hydrogens is 456 g/mol. The minimum absolute atomic E-state index is 0.203. The molecule has 7 aromatic carbocycles. The van der Waals surface area contributed by atoms with Gasteiger partial charge in [-0.05, 0) is 72.1 Å². The summed E-state index contributed by atoms with van der Waals surface area (Å²) in [7, 11) is 0. The molecule has 0 unspecified atom stereocenters. The van der Waals surface area contributed by atoms with Crippen molar-refractivity contribution in [2.24, 2.45) is 0 Å². The van der Waals surface area contributed by atoms with Gasteiger partial charge in [-0.3, -0.25) is 0 Å². The fraction of sp³-hybridized carbons (Fsp3) is 0. The zero-order valence-corrected chi connectivity index (χ0v) is 20.6. The van der Waals surface area contributed by atoms with Crippen LogP contribution >= 0.6 is 0 Å². The van der Waals surface area contributed by atoms with Crippen molar-refractivity contribution in [1.29, 1.82) is 0 Å². The average molecular weight is 488 g/mol. The first-order valence-electron chi connectivity index (χ1n) is 15.2. The first-order valence-corrected chi connectivity index (χ1v) is 12.7. The molecule has 0 saturated carbocycles. The summed E-state index contributed by atoms with van der Waals surface area (Å²) in [6, 6.07) is 42.0. The second-order valence-corrected chi connectivity index (χ2v) is 9.37. The van der Waals surface area contributed by atoms with Gasteiger partial charge in [-0.15, -0.1) is 0 Å². The third-order valence-electron chi connectivity index (χ3n) is 7.16. The fourth-order valence-corrected chi connectivity index (χ4v) is 5.42. The molecule has 0 fully saturated rings. The maximum atomic E-state index is 8.63. The van der Waals surface area contributed by atoms with Crippen LogP contribution in [0.2, 0.25) is 0 Å². The first-order chi connectivity index (χ1) is 20.9. The van der Waals surface area contributed by atoms with Crippen LogP contribution < -0.4 is 0 Å². The van der Waals surface area contributed by atoms with Crippen LogP contribution in [0.15, 0.2) is 158 Å². The van der Waals surface area contributed by atoms with Crippen molar-refractivity contribution in [3.05, 3.63) is 158 Å². The molecule has 0 heteroatoms. The van der Waals surface area contributed by atoms with Crippen LogP contribution in [0.4, 0.5) is 0 Å². The monoisotopic (exact) mass is 487 g/mol. The number of rotatable bonds is 4. The lowest BCUT2D eigenvalue weighted by atomic mass is 9.84. The number of fused-ring (bicyclic) bond motifs is 2. The van der Waals surface area contributed by atoms with E-state index in [-0.39, 0.29) is 29.7 Å². The third-order valence-corrected chi connectivity index (χ3v) is 7.16. The maximum absolute atomic E-state index is 8.63. The van der Waals surface area contributed by atoms with E-state index in [9.17, 15) is 0 Å². The number of benzene rings is 7. The van der Waals surface area contributed by atoms with Crippen LogP contribution in [0.3, 0.4) is 0 Å². The van der Waals surface area contributed by atoms with Crippen molar-refractivity contribution in [1.82, 2.24) is 0 Å². The smallest absolute Gasteiger partial charge is 0.0622 e. The van der Waals surface area contributed by atoms with Crippen LogP contribution in [0, 0.1) is 0 Å². The molecule has 7 aromatic rings. The molecule has 0 N–H and O–H groups in total. The highest BCUT2D eigenvalue weighted by molar-refractivity contribution is 6.22. The average Bonchev–Trinajstić information content (AvgIpc) is 3.06. The van der Waals surface area contributed by atoms with Gasteiger partial charge in [-0.1, -0.05) is 152 Å². The van der Waals surface area contributed by atoms with Gasteiger partial charge in [-0.25, -0.2) is 0 Å². The SMILES string of the molecule is [2H]c1c([2H])c([2H])c(-c2ccc3c(-c4ccc(-c5ccccc5)cc4)c4ccccc4c(-c4ccccc4)c3c2)c([2H])c1[2H].